The number of rotatable bonds is 7. The largest absolute Gasteiger partial charge is 0.497 e. The topological polar surface area (TPSA) is 62.8 Å². The van der Waals surface area contributed by atoms with Gasteiger partial charge < -0.3 is 20.1 Å². The molecule has 1 aromatic rings. The summed E-state index contributed by atoms with van der Waals surface area (Å²) in [6, 6.07) is 8.18. The van der Waals surface area contributed by atoms with E-state index in [0.29, 0.717) is 13.1 Å². The number of carbonyl (C=O) groups excluding carboxylic acids is 1. The van der Waals surface area contributed by atoms with Gasteiger partial charge in [-0.3, -0.25) is 9.69 Å². The highest BCUT2D eigenvalue weighted by Crippen LogP contribution is 2.23. The molecular weight excluding hydrogens is 282 g/mol. The predicted molar refractivity (Wildman–Crippen MR) is 85.1 cm³/mol. The Labute approximate surface area is 131 Å². The van der Waals surface area contributed by atoms with Crippen molar-refractivity contribution in [2.24, 2.45) is 0 Å². The van der Waals surface area contributed by atoms with E-state index in [1.165, 1.54) is 5.56 Å². The Morgan fingerprint density at radius 3 is 2.59 bits per heavy atom. The molecule has 1 unspecified atom stereocenters. The van der Waals surface area contributed by atoms with E-state index in [1.807, 2.05) is 12.1 Å². The highest BCUT2D eigenvalue weighted by atomic mass is 16.5. The molecule has 122 valence electrons. The molecule has 1 atom stereocenters. The van der Waals surface area contributed by atoms with E-state index < -0.39 is 0 Å². The molecule has 6 heteroatoms. The maximum absolute atomic E-state index is 11.7. The van der Waals surface area contributed by atoms with E-state index in [2.05, 4.69) is 27.7 Å². The zero-order valence-electron chi connectivity index (χ0n) is 13.3. The molecule has 0 aromatic heterocycles. The van der Waals surface area contributed by atoms with E-state index in [0.717, 1.165) is 32.1 Å². The lowest BCUT2D eigenvalue weighted by molar-refractivity contribution is -0.120. The van der Waals surface area contributed by atoms with Crippen LogP contribution in [0, 0.1) is 0 Å². The summed E-state index contributed by atoms with van der Waals surface area (Å²) in [5, 5.41) is 5.86. The number of ether oxygens (including phenoxy) is 2. The lowest BCUT2D eigenvalue weighted by atomic mass is 10.0. The quantitative estimate of drug-likeness (QED) is 0.764. The van der Waals surface area contributed by atoms with E-state index >= 15 is 0 Å². The van der Waals surface area contributed by atoms with Crippen molar-refractivity contribution in [3.05, 3.63) is 29.8 Å². The average Bonchev–Trinajstić information content (AvgIpc) is 2.57. The van der Waals surface area contributed by atoms with Crippen molar-refractivity contribution >= 4 is 5.91 Å². The van der Waals surface area contributed by atoms with Crippen LogP contribution in [0.15, 0.2) is 24.3 Å². The lowest BCUT2D eigenvalue weighted by Gasteiger charge is -2.35. The number of nitrogens with one attached hydrogen (secondary N) is 2. The van der Waals surface area contributed by atoms with Crippen LogP contribution >= 0.6 is 0 Å². The van der Waals surface area contributed by atoms with E-state index in [1.54, 1.807) is 14.2 Å². The Bertz CT molecular complexity index is 458. The summed E-state index contributed by atoms with van der Waals surface area (Å²) in [6.45, 7) is 4.14. The highest BCUT2D eigenvalue weighted by Gasteiger charge is 2.23. The molecular formula is C16H25N3O3. The third-order valence-electron chi connectivity index (χ3n) is 3.82. The van der Waals surface area contributed by atoms with Gasteiger partial charge in [0.1, 0.15) is 5.75 Å². The molecule has 1 aromatic carbocycles. The maximum atomic E-state index is 11.7. The zero-order valence-corrected chi connectivity index (χ0v) is 13.3. The van der Waals surface area contributed by atoms with Crippen LogP contribution in [0.4, 0.5) is 0 Å². The van der Waals surface area contributed by atoms with Crippen LogP contribution in [0.3, 0.4) is 0 Å². The molecule has 0 radical (unpaired) electrons. The number of likely N-dealkylation sites (N-methyl/N-ethyl adjacent to an activating group) is 1. The molecule has 1 fully saturated rings. The van der Waals surface area contributed by atoms with Gasteiger partial charge in [0.25, 0.3) is 0 Å². The minimum atomic E-state index is 0.00858. The number of nitrogens with zero attached hydrogens (tertiary/aromatic N) is 1. The van der Waals surface area contributed by atoms with Gasteiger partial charge in [-0.2, -0.15) is 0 Å². The van der Waals surface area contributed by atoms with Crippen LogP contribution in [-0.4, -0.2) is 64.4 Å². The number of methoxy groups -OCH3 is 1. The summed E-state index contributed by atoms with van der Waals surface area (Å²) >= 11 is 0. The number of hydrogen-bond acceptors (Lipinski definition) is 5. The summed E-state index contributed by atoms with van der Waals surface area (Å²) in [6.07, 6.45) is 0. The average molecular weight is 307 g/mol. The molecule has 0 bridgehead atoms. The maximum Gasteiger partial charge on any atom is 0.234 e. The summed E-state index contributed by atoms with van der Waals surface area (Å²) in [5.74, 6) is 0.845. The smallest absolute Gasteiger partial charge is 0.234 e. The van der Waals surface area contributed by atoms with Crippen molar-refractivity contribution in [3.63, 3.8) is 0 Å². The minimum absolute atomic E-state index is 0.00858. The van der Waals surface area contributed by atoms with Crippen LogP contribution in [0.2, 0.25) is 0 Å². The molecule has 1 aliphatic heterocycles. The first-order valence-electron chi connectivity index (χ1n) is 7.61. The molecule has 2 rings (SSSR count). The van der Waals surface area contributed by atoms with Crippen molar-refractivity contribution in [2.75, 3.05) is 53.6 Å². The van der Waals surface area contributed by atoms with E-state index in [4.69, 9.17) is 9.47 Å². The second-order valence-electron chi connectivity index (χ2n) is 5.27. The van der Waals surface area contributed by atoms with Crippen LogP contribution in [0.5, 0.6) is 5.75 Å². The number of benzene rings is 1. The Balaban J connectivity index is 2.07. The predicted octanol–water partition coefficient (Wildman–Crippen LogP) is 0.404. The van der Waals surface area contributed by atoms with Gasteiger partial charge >= 0.3 is 0 Å². The summed E-state index contributed by atoms with van der Waals surface area (Å²) in [4.78, 5) is 14.1. The molecule has 0 spiro atoms. The van der Waals surface area contributed by atoms with Gasteiger partial charge in [-0.25, -0.2) is 0 Å². The normalized spacial score (nSPS) is 17.0. The molecule has 1 amide bonds. The lowest BCUT2D eigenvalue weighted by Crippen LogP contribution is -2.44. The molecule has 1 heterocycles. The second-order valence-corrected chi connectivity index (χ2v) is 5.27. The molecule has 6 nitrogen and oxygen atoms in total. The van der Waals surface area contributed by atoms with Crippen LogP contribution in [0.25, 0.3) is 0 Å². The molecule has 1 saturated heterocycles. The van der Waals surface area contributed by atoms with Gasteiger partial charge in [-0.05, 0) is 24.7 Å². The van der Waals surface area contributed by atoms with Gasteiger partial charge in [0.15, 0.2) is 0 Å². The molecule has 22 heavy (non-hydrogen) atoms. The van der Waals surface area contributed by atoms with Gasteiger partial charge in [-0.1, -0.05) is 12.1 Å². The number of carbonyl (C=O) groups is 1. The summed E-state index contributed by atoms with van der Waals surface area (Å²) < 4.78 is 10.6. The minimum Gasteiger partial charge on any atom is -0.497 e. The van der Waals surface area contributed by atoms with Gasteiger partial charge in [-0.15, -0.1) is 0 Å². The van der Waals surface area contributed by atoms with Gasteiger partial charge in [0.2, 0.25) is 5.91 Å². The summed E-state index contributed by atoms with van der Waals surface area (Å²) in [7, 11) is 3.43. The fourth-order valence-corrected chi connectivity index (χ4v) is 2.61. The van der Waals surface area contributed by atoms with Crippen LogP contribution < -0.4 is 15.4 Å². The fourth-order valence-electron chi connectivity index (χ4n) is 2.61. The fraction of sp³-hybridized carbons (Fsp3) is 0.562. The van der Waals surface area contributed by atoms with Crippen molar-refractivity contribution < 1.29 is 14.3 Å². The van der Waals surface area contributed by atoms with Crippen molar-refractivity contribution in [1.82, 2.24) is 15.5 Å². The first kappa shape index (κ1) is 16.7. The number of hydrogen-bond donors (Lipinski definition) is 2. The Morgan fingerprint density at radius 1 is 1.32 bits per heavy atom. The van der Waals surface area contributed by atoms with Crippen molar-refractivity contribution in [1.29, 1.82) is 0 Å². The second kappa shape index (κ2) is 8.73. The number of morpholine rings is 1. The summed E-state index contributed by atoms with van der Waals surface area (Å²) in [5.41, 5.74) is 1.17. The van der Waals surface area contributed by atoms with Crippen molar-refractivity contribution in [2.45, 2.75) is 6.04 Å². The Hall–Kier alpha value is -1.63. The molecule has 0 saturated carbocycles. The molecule has 0 aliphatic carbocycles. The first-order valence-corrected chi connectivity index (χ1v) is 7.61. The number of amides is 1. The van der Waals surface area contributed by atoms with Crippen LogP contribution in [-0.2, 0) is 9.53 Å². The standard InChI is InChI=1S/C16H25N3O3/c1-17-12-16(20)18-11-15(19-7-9-22-10-8-19)13-3-5-14(21-2)6-4-13/h3-6,15,17H,7-12H2,1-2H3,(H,18,20). The molecule has 1 aliphatic rings. The van der Waals surface area contributed by atoms with Gasteiger partial charge in [0.05, 0.1) is 32.9 Å². The van der Waals surface area contributed by atoms with E-state index in [-0.39, 0.29) is 11.9 Å². The third-order valence-corrected chi connectivity index (χ3v) is 3.82. The highest BCUT2D eigenvalue weighted by molar-refractivity contribution is 5.77. The Morgan fingerprint density at radius 2 is 2.00 bits per heavy atom. The zero-order chi connectivity index (χ0) is 15.8. The third kappa shape index (κ3) is 4.69. The van der Waals surface area contributed by atoms with Crippen molar-refractivity contribution in [3.8, 4) is 5.75 Å². The Kier molecular flexibility index (Phi) is 6.64. The SMILES string of the molecule is CNCC(=O)NCC(c1ccc(OC)cc1)N1CCOCC1. The first-order chi connectivity index (χ1) is 10.7. The molecule has 2 N–H and O–H groups in total. The van der Waals surface area contributed by atoms with Gasteiger partial charge in [0, 0.05) is 19.6 Å². The monoisotopic (exact) mass is 307 g/mol. The van der Waals surface area contributed by atoms with E-state index in [9.17, 15) is 4.79 Å². The van der Waals surface area contributed by atoms with Crippen LogP contribution in [0.1, 0.15) is 11.6 Å².